The van der Waals surface area contributed by atoms with Crippen LogP contribution in [-0.4, -0.2) is 180 Å². The molecule has 784 valence electrons. The fourth-order valence-electron chi connectivity index (χ4n) is 21.2. The predicted octanol–water partition coefficient (Wildman–Crippen LogP) is 11.2. The Morgan fingerprint density at radius 3 is 0.689 bits per heavy atom. The Morgan fingerprint density at radius 1 is 0.230 bits per heavy atom. The van der Waals surface area contributed by atoms with Gasteiger partial charge in [-0.05, 0) is 230 Å². The molecule has 135 heavy (non-hydrogen) atoms. The second-order valence-corrected chi connectivity index (χ2v) is 40.6. The van der Waals surface area contributed by atoms with Gasteiger partial charge in [0.15, 0.2) is 0 Å². The average molecular weight is 2150 g/mol. The zero-order valence-corrected chi connectivity index (χ0v) is 95.8. The zero-order chi connectivity index (χ0) is 95.2. The van der Waals surface area contributed by atoms with Gasteiger partial charge in [-0.2, -0.15) is 0 Å². The van der Waals surface area contributed by atoms with Crippen molar-refractivity contribution in [2.45, 2.75) is 503 Å². The Hall–Kier alpha value is -3.92. The highest BCUT2D eigenvalue weighted by Gasteiger charge is 2.29. The molecule has 5 heterocycles. The molecule has 5 aromatic rings. The largest absolute Gasteiger partial charge is 1.00 e. The van der Waals surface area contributed by atoms with E-state index in [1.807, 2.05) is 44.7 Å². The molecule has 0 radical (unpaired) electrons. The molecule has 5 aromatic heterocycles. The predicted molar refractivity (Wildman–Crippen MR) is 552 cm³/mol. The summed E-state index contributed by atoms with van der Waals surface area (Å²) in [5.74, 6) is 0. The third-order valence-electron chi connectivity index (χ3n) is 31.3. The van der Waals surface area contributed by atoms with Crippen molar-refractivity contribution in [2.24, 2.45) is 0 Å². The van der Waals surface area contributed by atoms with E-state index in [1.165, 1.54) is 254 Å². The highest BCUT2D eigenvalue weighted by atomic mass is 79.9. The molecular formula is C109H204Br4N16O6. The number of rotatable bonds is 86. The molecule has 0 N–H and O–H groups in total. The molecule has 22 nitrogen and oxygen atoms in total. The highest BCUT2D eigenvalue weighted by molar-refractivity contribution is 5.24. The highest BCUT2D eigenvalue weighted by Crippen LogP contribution is 2.23. The first-order valence-electron chi connectivity index (χ1n) is 55.8. The Balaban J connectivity index is 0.0000228. The summed E-state index contributed by atoms with van der Waals surface area (Å²) in [6.07, 6.45) is 67.6. The van der Waals surface area contributed by atoms with E-state index >= 15 is 0 Å². The molecule has 0 fully saturated rings. The van der Waals surface area contributed by atoms with Crippen LogP contribution in [-0.2, 0) is 65.2 Å². The van der Waals surface area contributed by atoms with E-state index in [1.54, 1.807) is 26.8 Å². The summed E-state index contributed by atoms with van der Waals surface area (Å²) in [7, 11) is 0. The van der Waals surface area contributed by atoms with Gasteiger partial charge in [0.1, 0.15) is 0 Å². The Bertz CT molecular complexity index is 4180. The van der Waals surface area contributed by atoms with Gasteiger partial charge in [-0.3, -0.25) is 46.6 Å². The first-order valence-corrected chi connectivity index (χ1v) is 55.8. The lowest BCUT2D eigenvalue weighted by atomic mass is 10.1. The average Bonchev–Trinajstić information content (AvgIpc) is 1.61. The summed E-state index contributed by atoms with van der Waals surface area (Å²) in [6.45, 7) is 56.7. The number of unbranched alkanes of at least 4 members (excludes halogenated alkanes) is 42. The summed E-state index contributed by atoms with van der Waals surface area (Å²) in [4.78, 5) is 86.1. The maximum absolute atomic E-state index is 14.7. The molecular weight excluding hydrogens is 1950 g/mol. The second-order valence-electron chi connectivity index (χ2n) is 40.6. The van der Waals surface area contributed by atoms with E-state index in [-0.39, 0.29) is 102 Å². The Kier molecular flexibility index (Phi) is 73.4. The van der Waals surface area contributed by atoms with Crippen LogP contribution in [0.1, 0.15) is 456 Å². The molecule has 0 spiro atoms. The van der Waals surface area contributed by atoms with Crippen molar-refractivity contribution in [2.75, 3.05) is 105 Å². The van der Waals surface area contributed by atoms with Gasteiger partial charge in [-0.15, -0.1) is 10.2 Å². The second kappa shape index (κ2) is 76.7. The van der Waals surface area contributed by atoms with Gasteiger partial charge in [0.2, 0.25) is 0 Å². The summed E-state index contributed by atoms with van der Waals surface area (Å²) in [5.41, 5.74) is 3.51. The number of hydrogen-bond acceptors (Lipinski definition) is 10. The van der Waals surface area contributed by atoms with Crippen molar-refractivity contribution in [1.82, 2.24) is 57.4 Å². The third-order valence-corrected chi connectivity index (χ3v) is 31.3. The lowest BCUT2D eigenvalue weighted by Gasteiger charge is -2.37. The van der Waals surface area contributed by atoms with Crippen molar-refractivity contribution < 1.29 is 85.9 Å². The molecule has 0 atom stereocenters. The Morgan fingerprint density at radius 2 is 0.437 bits per heavy atom. The van der Waals surface area contributed by atoms with Crippen LogP contribution in [0, 0.1) is 20.8 Å². The first-order chi connectivity index (χ1) is 63.7. The maximum atomic E-state index is 14.7. The zero-order valence-electron chi connectivity index (χ0n) is 89.5. The first kappa shape index (κ1) is 129. The minimum absolute atomic E-state index is 0. The molecule has 0 unspecified atom stereocenters. The molecule has 0 aliphatic carbocycles. The van der Waals surface area contributed by atoms with Crippen LogP contribution in [0.25, 0.3) is 0 Å². The van der Waals surface area contributed by atoms with Crippen molar-refractivity contribution in [1.29, 1.82) is 0 Å². The number of hydrogen-bond donors (Lipinski definition) is 0. The summed E-state index contributed by atoms with van der Waals surface area (Å²) < 4.78 is 18.4. The van der Waals surface area contributed by atoms with Crippen LogP contribution in [0.15, 0.2) is 47.4 Å². The van der Waals surface area contributed by atoms with Gasteiger partial charge in [0, 0.05) is 112 Å². The summed E-state index contributed by atoms with van der Waals surface area (Å²) >= 11 is 0. The molecule has 0 aliphatic rings. The minimum atomic E-state index is -0.262. The van der Waals surface area contributed by atoms with E-state index in [9.17, 15) is 28.8 Å². The van der Waals surface area contributed by atoms with E-state index in [0.29, 0.717) is 94.0 Å². The van der Waals surface area contributed by atoms with E-state index < -0.39 is 0 Å². The topological polar surface area (TPSA) is 193 Å². The van der Waals surface area contributed by atoms with Crippen molar-refractivity contribution in [3.63, 3.8) is 0 Å². The number of aryl methyl sites for hydroxylation is 4. The van der Waals surface area contributed by atoms with Gasteiger partial charge in [0.05, 0.1) is 116 Å². The van der Waals surface area contributed by atoms with Gasteiger partial charge in [0.25, 0.3) is 16.7 Å². The molecule has 0 bridgehead atoms. The van der Waals surface area contributed by atoms with E-state index in [4.69, 9.17) is 0 Å². The molecule has 0 saturated carbocycles. The smallest absolute Gasteiger partial charge is 0.331 e. The standard InChI is InChI=1S/C109H204N16O6.4BrH/c1-16-28-32-36-40-44-52-68-84-122(20-5,21-6)88-72-56-64-79-117-98(14)102(105(127)120(108(117)130)82-66-58-74-90-124(24-9,25-10)86-70-54-46-42-38-34-30-18-3)92-100-95-115(112-110-100)77-61-49-48-60-76-114-94-97(13)104(126)119(107(114)129)81-63-51-50-62-78-116-96-101(111-113-116)93-103-99(15)118(80-65-57-73-89-123(22-7,23-8)85-69-53-45-41-37-33-29-17-2)109(131)121(106(103)128)83-67-59-75-91-125(26-11,27-12)87-71-55-47-43-39-35-31-19-4;;;;/h94-96H,16-93H2,1-15H3;4*1H/q+4;;;;/p-4. The minimum Gasteiger partial charge on any atom is -1.00 e. The molecule has 26 heteroatoms. The van der Waals surface area contributed by atoms with Crippen LogP contribution < -0.4 is 102 Å². The molecule has 0 saturated heterocycles. The molecule has 0 amide bonds. The van der Waals surface area contributed by atoms with Crippen molar-refractivity contribution >= 4 is 0 Å². The summed E-state index contributed by atoms with van der Waals surface area (Å²) in [6, 6.07) is 0. The van der Waals surface area contributed by atoms with E-state index in [2.05, 4.69) is 104 Å². The normalized spacial score (nSPS) is 12.0. The number of halogens is 4. The van der Waals surface area contributed by atoms with Crippen LogP contribution in [0.5, 0.6) is 0 Å². The number of nitrogens with zero attached hydrogens (tertiary/aromatic N) is 16. The lowest BCUT2D eigenvalue weighted by molar-refractivity contribution is -0.925. The SMILES string of the molecule is CCCCCCCCCC[N+](CC)(CC)CCCCCn1c(C)c(Cc2cn(CCCCCCn3cc(C)c(=O)n(CCCCCCn4cc(Cc5c(C)n(CCCCC[N+](CC)(CC)CCCCCCCCCC)c(=O)n(CCCCC[N+](CC)(CC)CCCCCCCCCC)c5=O)nn4)c3=O)nn2)c(=O)n(CCCCC[N+](CC)(CC)CCCCCCCCCC)c1=O.[Br-].[Br-].[Br-].[Br-]. The maximum Gasteiger partial charge on any atom is 0.331 e. The van der Waals surface area contributed by atoms with Crippen LogP contribution >= 0.6 is 0 Å². The lowest BCUT2D eigenvalue weighted by Crippen LogP contribution is -3.00. The fourth-order valence-corrected chi connectivity index (χ4v) is 21.2. The van der Waals surface area contributed by atoms with Crippen LogP contribution in [0.4, 0.5) is 0 Å². The number of aromatic nitrogens is 12. The van der Waals surface area contributed by atoms with Gasteiger partial charge >= 0.3 is 17.1 Å². The summed E-state index contributed by atoms with van der Waals surface area (Å²) in [5, 5.41) is 18.3. The van der Waals surface area contributed by atoms with Gasteiger partial charge in [-0.25, -0.2) is 14.4 Å². The van der Waals surface area contributed by atoms with Crippen LogP contribution in [0.3, 0.4) is 0 Å². The monoisotopic (exact) mass is 2150 g/mol. The van der Waals surface area contributed by atoms with E-state index in [0.717, 1.165) is 218 Å². The van der Waals surface area contributed by atoms with Crippen LogP contribution in [0.2, 0.25) is 0 Å². The fraction of sp³-hybridized carbons (Fsp3) is 0.853. The van der Waals surface area contributed by atoms with Gasteiger partial charge < -0.3 is 90.4 Å². The quantitative estimate of drug-likeness (QED) is 0.0267. The van der Waals surface area contributed by atoms with Gasteiger partial charge in [-0.1, -0.05) is 218 Å². The Labute approximate surface area is 865 Å². The van der Waals surface area contributed by atoms with Crippen molar-refractivity contribution in [3.8, 4) is 0 Å². The molecule has 5 rings (SSSR count). The molecule has 0 aliphatic heterocycles. The number of quaternary nitrogens is 4. The third kappa shape index (κ3) is 47.4. The molecule has 0 aromatic carbocycles. The van der Waals surface area contributed by atoms with Crippen molar-refractivity contribution in [3.05, 3.63) is 121 Å².